The highest BCUT2D eigenvalue weighted by Crippen LogP contribution is 2.06. The number of ether oxygens (including phenoxy) is 1. The molecule has 1 aromatic heterocycles. The largest absolute Gasteiger partial charge is 0.488 e. The molecule has 0 aromatic carbocycles. The highest BCUT2D eigenvalue weighted by atomic mass is 16.5. The van der Waals surface area contributed by atoms with E-state index in [0.717, 1.165) is 6.42 Å². The normalized spacial score (nSPS) is 9.70. The fourth-order valence-electron chi connectivity index (χ4n) is 0.540. The van der Waals surface area contributed by atoms with Crippen molar-refractivity contribution in [3.8, 4) is 5.75 Å². The second-order valence-electron chi connectivity index (χ2n) is 1.85. The van der Waals surface area contributed by atoms with E-state index < -0.39 is 0 Å². The number of nitrogens with two attached hydrogens (primary N) is 1. The average molecular weight is 142 g/mol. The molecular formula is C6H10N2O2. The maximum Gasteiger partial charge on any atom is 0.178 e. The number of hydrogen-bond donors (Lipinski definition) is 1. The molecule has 0 aliphatic rings. The van der Waals surface area contributed by atoms with Crippen LogP contribution in [0.15, 0.2) is 17.0 Å². The quantitative estimate of drug-likeness (QED) is 0.618. The van der Waals surface area contributed by atoms with Crippen molar-refractivity contribution in [1.82, 2.24) is 5.16 Å². The molecule has 0 saturated heterocycles. The summed E-state index contributed by atoms with van der Waals surface area (Å²) in [6.45, 7) is 1.27. The van der Waals surface area contributed by atoms with Crippen LogP contribution in [0.2, 0.25) is 0 Å². The lowest BCUT2D eigenvalue weighted by molar-refractivity contribution is 0.308. The molecule has 0 aliphatic carbocycles. The van der Waals surface area contributed by atoms with E-state index in [9.17, 15) is 0 Å². The summed E-state index contributed by atoms with van der Waals surface area (Å²) in [7, 11) is 0. The first kappa shape index (κ1) is 7.08. The Morgan fingerprint density at radius 2 is 2.60 bits per heavy atom. The van der Waals surface area contributed by atoms with Gasteiger partial charge in [-0.25, -0.2) is 0 Å². The number of aromatic nitrogens is 1. The van der Waals surface area contributed by atoms with Crippen LogP contribution in [0.5, 0.6) is 5.75 Å². The second kappa shape index (κ2) is 3.90. The van der Waals surface area contributed by atoms with Crippen molar-refractivity contribution < 1.29 is 9.26 Å². The minimum Gasteiger partial charge on any atom is -0.488 e. The van der Waals surface area contributed by atoms with Gasteiger partial charge in [0.05, 0.1) is 6.61 Å². The van der Waals surface area contributed by atoms with Crippen LogP contribution in [0.4, 0.5) is 0 Å². The summed E-state index contributed by atoms with van der Waals surface area (Å²) < 4.78 is 9.69. The first-order valence-electron chi connectivity index (χ1n) is 3.15. The van der Waals surface area contributed by atoms with Gasteiger partial charge < -0.3 is 15.0 Å². The van der Waals surface area contributed by atoms with Crippen LogP contribution in [0.25, 0.3) is 0 Å². The fourth-order valence-corrected chi connectivity index (χ4v) is 0.540. The van der Waals surface area contributed by atoms with E-state index in [1.165, 1.54) is 12.5 Å². The third-order valence-electron chi connectivity index (χ3n) is 1.03. The molecule has 0 atom stereocenters. The molecule has 0 amide bonds. The van der Waals surface area contributed by atoms with Gasteiger partial charge >= 0.3 is 0 Å². The monoisotopic (exact) mass is 142 g/mol. The number of rotatable bonds is 4. The van der Waals surface area contributed by atoms with Crippen molar-refractivity contribution in [3.63, 3.8) is 0 Å². The molecule has 0 aliphatic heterocycles. The molecule has 1 aromatic rings. The Balaban J connectivity index is 2.15. The molecular weight excluding hydrogens is 132 g/mol. The summed E-state index contributed by atoms with van der Waals surface area (Å²) in [5.41, 5.74) is 5.25. The SMILES string of the molecule is NCCCOc1cnoc1. The van der Waals surface area contributed by atoms with E-state index in [4.69, 9.17) is 10.5 Å². The molecule has 0 spiro atoms. The van der Waals surface area contributed by atoms with Crippen LogP contribution in [0.3, 0.4) is 0 Å². The third-order valence-corrected chi connectivity index (χ3v) is 1.03. The smallest absolute Gasteiger partial charge is 0.178 e. The van der Waals surface area contributed by atoms with E-state index in [2.05, 4.69) is 9.68 Å². The van der Waals surface area contributed by atoms with E-state index in [0.29, 0.717) is 18.9 Å². The molecule has 4 heteroatoms. The van der Waals surface area contributed by atoms with Crippen molar-refractivity contribution in [1.29, 1.82) is 0 Å². The molecule has 4 nitrogen and oxygen atoms in total. The predicted molar refractivity (Wildman–Crippen MR) is 35.7 cm³/mol. The highest BCUT2D eigenvalue weighted by Gasteiger charge is 1.93. The highest BCUT2D eigenvalue weighted by molar-refractivity contribution is 5.07. The third kappa shape index (κ3) is 2.06. The van der Waals surface area contributed by atoms with Crippen LogP contribution < -0.4 is 10.5 Å². The lowest BCUT2D eigenvalue weighted by Crippen LogP contribution is -2.05. The topological polar surface area (TPSA) is 61.3 Å². The Labute approximate surface area is 58.9 Å². The van der Waals surface area contributed by atoms with Crippen LogP contribution in [-0.4, -0.2) is 18.3 Å². The van der Waals surface area contributed by atoms with E-state index in [1.807, 2.05) is 0 Å². The Hall–Kier alpha value is -1.03. The van der Waals surface area contributed by atoms with Crippen molar-refractivity contribution in [2.75, 3.05) is 13.2 Å². The summed E-state index contributed by atoms with van der Waals surface area (Å²) in [5.74, 6) is 0.661. The van der Waals surface area contributed by atoms with Gasteiger partial charge in [-0.1, -0.05) is 5.16 Å². The minimum atomic E-state index is 0.623. The Morgan fingerprint density at radius 1 is 1.70 bits per heavy atom. The Bertz CT molecular complexity index is 162. The van der Waals surface area contributed by atoms with Gasteiger partial charge in [0.1, 0.15) is 6.20 Å². The zero-order chi connectivity index (χ0) is 7.23. The predicted octanol–water partition coefficient (Wildman–Crippen LogP) is 0.402. The number of nitrogens with zero attached hydrogens (tertiary/aromatic N) is 1. The summed E-state index contributed by atoms with van der Waals surface area (Å²) in [6.07, 6.45) is 3.83. The first-order valence-corrected chi connectivity index (χ1v) is 3.15. The zero-order valence-corrected chi connectivity index (χ0v) is 5.62. The second-order valence-corrected chi connectivity index (χ2v) is 1.85. The lowest BCUT2D eigenvalue weighted by atomic mass is 10.5. The molecule has 0 saturated carbocycles. The summed E-state index contributed by atoms with van der Waals surface area (Å²) in [5, 5.41) is 3.47. The van der Waals surface area contributed by atoms with Gasteiger partial charge in [-0.05, 0) is 13.0 Å². The van der Waals surface area contributed by atoms with Crippen LogP contribution in [-0.2, 0) is 0 Å². The molecule has 56 valence electrons. The summed E-state index contributed by atoms with van der Waals surface area (Å²) in [6, 6.07) is 0. The molecule has 0 radical (unpaired) electrons. The maximum absolute atomic E-state index is 5.25. The van der Waals surface area contributed by atoms with Gasteiger partial charge in [0, 0.05) is 0 Å². The average Bonchev–Trinajstić information content (AvgIpc) is 2.41. The Kier molecular flexibility index (Phi) is 2.76. The van der Waals surface area contributed by atoms with Gasteiger partial charge in [-0.15, -0.1) is 0 Å². The van der Waals surface area contributed by atoms with Gasteiger partial charge in [0.25, 0.3) is 0 Å². The van der Waals surface area contributed by atoms with Gasteiger partial charge in [-0.2, -0.15) is 0 Å². The lowest BCUT2D eigenvalue weighted by Gasteiger charge is -1.98. The summed E-state index contributed by atoms with van der Waals surface area (Å²) >= 11 is 0. The van der Waals surface area contributed by atoms with Crippen molar-refractivity contribution in [2.24, 2.45) is 5.73 Å². The molecule has 0 fully saturated rings. The molecule has 1 heterocycles. The standard InChI is InChI=1S/C6H10N2O2/c7-2-1-3-9-6-4-8-10-5-6/h4-5H,1-3,7H2. The minimum absolute atomic E-state index is 0.623. The van der Waals surface area contributed by atoms with Gasteiger partial charge in [0.15, 0.2) is 12.0 Å². The molecule has 10 heavy (non-hydrogen) atoms. The zero-order valence-electron chi connectivity index (χ0n) is 5.62. The molecule has 0 unspecified atom stereocenters. The maximum atomic E-state index is 5.25. The van der Waals surface area contributed by atoms with Crippen molar-refractivity contribution in [2.45, 2.75) is 6.42 Å². The van der Waals surface area contributed by atoms with E-state index in [1.54, 1.807) is 0 Å². The van der Waals surface area contributed by atoms with Crippen LogP contribution >= 0.6 is 0 Å². The number of hydrogen-bond acceptors (Lipinski definition) is 4. The molecule has 0 bridgehead atoms. The van der Waals surface area contributed by atoms with Gasteiger partial charge in [-0.3, -0.25) is 0 Å². The molecule has 2 N–H and O–H groups in total. The Morgan fingerprint density at radius 3 is 3.20 bits per heavy atom. The summed E-state index contributed by atoms with van der Waals surface area (Å²) in [4.78, 5) is 0. The van der Waals surface area contributed by atoms with E-state index >= 15 is 0 Å². The van der Waals surface area contributed by atoms with E-state index in [-0.39, 0.29) is 0 Å². The van der Waals surface area contributed by atoms with Crippen molar-refractivity contribution in [3.05, 3.63) is 12.5 Å². The van der Waals surface area contributed by atoms with Crippen LogP contribution in [0.1, 0.15) is 6.42 Å². The fraction of sp³-hybridized carbons (Fsp3) is 0.500. The van der Waals surface area contributed by atoms with Gasteiger partial charge in [0.2, 0.25) is 0 Å². The molecule has 1 rings (SSSR count). The first-order chi connectivity index (χ1) is 4.93. The van der Waals surface area contributed by atoms with Crippen molar-refractivity contribution >= 4 is 0 Å². The van der Waals surface area contributed by atoms with Crippen LogP contribution in [0, 0.1) is 0 Å².